The predicted molar refractivity (Wildman–Crippen MR) is 94.0 cm³/mol. The van der Waals surface area contributed by atoms with Crippen molar-refractivity contribution in [2.75, 3.05) is 5.73 Å². The second-order valence-electron chi connectivity index (χ2n) is 5.05. The fourth-order valence-corrected chi connectivity index (χ4v) is 3.32. The topological polar surface area (TPSA) is 86.5 Å². The van der Waals surface area contributed by atoms with E-state index in [-0.39, 0.29) is 28.1 Å². The highest BCUT2D eigenvalue weighted by Crippen LogP contribution is 2.38. The molecule has 0 bridgehead atoms. The number of hydrogen-bond acceptors (Lipinski definition) is 5. The van der Waals surface area contributed by atoms with Crippen molar-refractivity contribution in [3.05, 3.63) is 71.5 Å². The lowest BCUT2D eigenvalue weighted by molar-refractivity contribution is 0.631. The normalized spacial score (nSPS) is 10.0. The summed E-state index contributed by atoms with van der Waals surface area (Å²) >= 11 is 1.24. The molecule has 0 saturated carbocycles. The Morgan fingerprint density at radius 3 is 2.20 bits per heavy atom. The van der Waals surface area contributed by atoms with Gasteiger partial charge >= 0.3 is 0 Å². The third-order valence-electron chi connectivity index (χ3n) is 3.52. The third kappa shape index (κ3) is 3.16. The van der Waals surface area contributed by atoms with E-state index in [1.54, 1.807) is 12.1 Å². The van der Waals surface area contributed by atoms with Crippen LogP contribution in [0.3, 0.4) is 0 Å². The van der Waals surface area contributed by atoms with Crippen molar-refractivity contribution < 1.29 is 4.39 Å². The summed E-state index contributed by atoms with van der Waals surface area (Å²) in [4.78, 5) is 5.06. The first kappa shape index (κ1) is 16.5. The molecule has 0 amide bonds. The summed E-state index contributed by atoms with van der Waals surface area (Å²) < 4.78 is 14.3. The van der Waals surface area contributed by atoms with E-state index in [1.165, 1.54) is 23.9 Å². The van der Waals surface area contributed by atoms with E-state index in [2.05, 4.69) is 11.1 Å². The van der Waals surface area contributed by atoms with Crippen molar-refractivity contribution in [2.45, 2.75) is 9.92 Å². The number of halogens is 1. The maximum absolute atomic E-state index is 14.3. The Morgan fingerprint density at radius 1 is 0.920 bits per heavy atom. The standard InChI is InChI=1S/C19H11FN4S/c20-16-9-5-4-8-13(16)17-14(10-21)18(23)24-19(15(17)11-22)25-12-6-2-1-3-7-12/h1-9H,(H2,23,24). The molecule has 25 heavy (non-hydrogen) atoms. The molecule has 1 aromatic heterocycles. The maximum atomic E-state index is 14.3. The monoisotopic (exact) mass is 346 g/mol. The Balaban J connectivity index is 2.28. The number of pyridine rings is 1. The molecule has 0 saturated heterocycles. The highest BCUT2D eigenvalue weighted by molar-refractivity contribution is 7.99. The lowest BCUT2D eigenvalue weighted by Gasteiger charge is -2.13. The second-order valence-corrected chi connectivity index (χ2v) is 6.11. The van der Waals surface area contributed by atoms with Gasteiger partial charge < -0.3 is 5.73 Å². The average molecular weight is 346 g/mol. The number of anilines is 1. The molecule has 3 aromatic rings. The fraction of sp³-hybridized carbons (Fsp3) is 0. The van der Waals surface area contributed by atoms with Crippen molar-refractivity contribution in [3.8, 4) is 23.3 Å². The van der Waals surface area contributed by atoms with Crippen molar-refractivity contribution in [2.24, 2.45) is 0 Å². The summed E-state index contributed by atoms with van der Waals surface area (Å²) in [5, 5.41) is 19.4. The van der Waals surface area contributed by atoms with Gasteiger partial charge in [-0.3, -0.25) is 0 Å². The Kier molecular flexibility index (Phi) is 4.65. The van der Waals surface area contributed by atoms with Gasteiger partial charge in [-0.2, -0.15) is 10.5 Å². The second kappa shape index (κ2) is 7.04. The van der Waals surface area contributed by atoms with Gasteiger partial charge in [0.2, 0.25) is 0 Å². The molecule has 0 atom stereocenters. The first-order valence-corrected chi connectivity index (χ1v) is 8.08. The van der Waals surface area contributed by atoms with Crippen LogP contribution in [0.5, 0.6) is 0 Å². The molecule has 0 aliphatic heterocycles. The Labute approximate surface area is 148 Å². The van der Waals surface area contributed by atoms with Crippen LogP contribution in [-0.4, -0.2) is 4.98 Å². The SMILES string of the molecule is N#Cc1c(N)nc(Sc2ccccc2)c(C#N)c1-c1ccccc1F. The quantitative estimate of drug-likeness (QED) is 0.761. The van der Waals surface area contributed by atoms with E-state index in [0.29, 0.717) is 5.03 Å². The molecular formula is C19H11FN4S. The van der Waals surface area contributed by atoms with E-state index in [1.807, 2.05) is 36.4 Å². The van der Waals surface area contributed by atoms with Gasteiger partial charge in [0.05, 0.1) is 5.56 Å². The molecule has 0 spiro atoms. The highest BCUT2D eigenvalue weighted by Gasteiger charge is 2.22. The molecule has 4 nitrogen and oxygen atoms in total. The zero-order chi connectivity index (χ0) is 17.8. The first-order valence-electron chi connectivity index (χ1n) is 7.27. The Morgan fingerprint density at radius 2 is 1.56 bits per heavy atom. The number of nitriles is 2. The van der Waals surface area contributed by atoms with Crippen LogP contribution in [0.4, 0.5) is 10.2 Å². The molecule has 2 aromatic carbocycles. The summed E-state index contributed by atoms with van der Waals surface area (Å²) in [7, 11) is 0. The van der Waals surface area contributed by atoms with Crippen LogP contribution in [0, 0.1) is 28.5 Å². The van der Waals surface area contributed by atoms with Crippen LogP contribution in [-0.2, 0) is 0 Å². The zero-order valence-electron chi connectivity index (χ0n) is 12.9. The van der Waals surface area contributed by atoms with Gasteiger partial charge in [-0.15, -0.1) is 0 Å². The van der Waals surface area contributed by atoms with Crippen LogP contribution in [0.2, 0.25) is 0 Å². The third-order valence-corrected chi connectivity index (χ3v) is 4.51. The summed E-state index contributed by atoms with van der Waals surface area (Å²) in [6, 6.07) is 19.3. The molecule has 3 rings (SSSR count). The smallest absolute Gasteiger partial charge is 0.143 e. The highest BCUT2D eigenvalue weighted by atomic mass is 32.2. The summed E-state index contributed by atoms with van der Waals surface area (Å²) in [5.74, 6) is -0.560. The fourth-order valence-electron chi connectivity index (χ4n) is 2.41. The van der Waals surface area contributed by atoms with Crippen molar-refractivity contribution in [3.63, 3.8) is 0 Å². The minimum absolute atomic E-state index is 0.000869. The Bertz CT molecular complexity index is 1020. The van der Waals surface area contributed by atoms with Gasteiger partial charge in [-0.1, -0.05) is 48.2 Å². The van der Waals surface area contributed by atoms with Gasteiger partial charge in [-0.25, -0.2) is 9.37 Å². The summed E-state index contributed by atoms with van der Waals surface area (Å²) in [5.41, 5.74) is 6.37. The lowest BCUT2D eigenvalue weighted by atomic mass is 9.96. The molecular weight excluding hydrogens is 335 g/mol. The van der Waals surface area contributed by atoms with Gasteiger partial charge in [0, 0.05) is 16.0 Å². The lowest BCUT2D eigenvalue weighted by Crippen LogP contribution is -2.04. The molecule has 0 unspecified atom stereocenters. The number of nitrogens with two attached hydrogens (primary N) is 1. The molecule has 1 heterocycles. The minimum Gasteiger partial charge on any atom is -0.383 e. The number of benzene rings is 2. The number of nitrogen functional groups attached to an aromatic ring is 1. The van der Waals surface area contributed by atoms with Gasteiger partial charge in [-0.05, 0) is 18.2 Å². The van der Waals surface area contributed by atoms with E-state index in [0.717, 1.165) is 4.90 Å². The first-order chi connectivity index (χ1) is 12.2. The van der Waals surface area contributed by atoms with Gasteiger partial charge in [0.15, 0.2) is 0 Å². The van der Waals surface area contributed by atoms with Crippen LogP contribution in [0.25, 0.3) is 11.1 Å². The van der Waals surface area contributed by atoms with Crippen molar-refractivity contribution in [1.29, 1.82) is 10.5 Å². The molecule has 0 fully saturated rings. The number of hydrogen-bond donors (Lipinski definition) is 1. The largest absolute Gasteiger partial charge is 0.383 e. The van der Waals surface area contributed by atoms with Crippen LogP contribution < -0.4 is 5.73 Å². The van der Waals surface area contributed by atoms with E-state index < -0.39 is 5.82 Å². The van der Waals surface area contributed by atoms with E-state index in [4.69, 9.17) is 5.73 Å². The minimum atomic E-state index is -0.531. The molecule has 0 aliphatic rings. The van der Waals surface area contributed by atoms with Crippen molar-refractivity contribution in [1.82, 2.24) is 4.98 Å². The van der Waals surface area contributed by atoms with Crippen molar-refractivity contribution >= 4 is 17.6 Å². The van der Waals surface area contributed by atoms with Crippen LogP contribution in [0.1, 0.15) is 11.1 Å². The molecule has 0 aliphatic carbocycles. The number of aromatic nitrogens is 1. The summed E-state index contributed by atoms with van der Waals surface area (Å²) in [6.45, 7) is 0. The maximum Gasteiger partial charge on any atom is 0.143 e. The zero-order valence-corrected chi connectivity index (χ0v) is 13.7. The molecule has 2 N–H and O–H groups in total. The molecule has 0 radical (unpaired) electrons. The van der Waals surface area contributed by atoms with Crippen LogP contribution >= 0.6 is 11.8 Å². The molecule has 6 heteroatoms. The molecule has 120 valence electrons. The predicted octanol–water partition coefficient (Wildman–Crippen LogP) is 4.36. The number of nitrogens with zero attached hydrogens (tertiary/aromatic N) is 3. The van der Waals surface area contributed by atoms with Gasteiger partial charge in [0.1, 0.15) is 34.4 Å². The van der Waals surface area contributed by atoms with Gasteiger partial charge in [0.25, 0.3) is 0 Å². The van der Waals surface area contributed by atoms with E-state index in [9.17, 15) is 14.9 Å². The van der Waals surface area contributed by atoms with E-state index >= 15 is 0 Å². The van der Waals surface area contributed by atoms with Crippen LogP contribution in [0.15, 0.2) is 64.5 Å². The Hall–Kier alpha value is -3.35. The summed E-state index contributed by atoms with van der Waals surface area (Å²) in [6.07, 6.45) is 0. The average Bonchev–Trinajstić information content (AvgIpc) is 2.62. The number of rotatable bonds is 3.